The molecule has 0 saturated heterocycles. The predicted octanol–water partition coefficient (Wildman–Crippen LogP) is 3.76. The van der Waals surface area contributed by atoms with E-state index >= 15 is 0 Å². The maximum atomic E-state index is 12.2. The molecule has 0 amide bonds. The molecule has 0 heterocycles. The van der Waals surface area contributed by atoms with Crippen molar-refractivity contribution in [2.45, 2.75) is 32.1 Å². The van der Waals surface area contributed by atoms with Gasteiger partial charge in [0.25, 0.3) is 0 Å². The molecule has 1 aliphatic rings. The van der Waals surface area contributed by atoms with Crippen LogP contribution in [-0.4, -0.2) is 16.9 Å². The van der Waals surface area contributed by atoms with Crippen molar-refractivity contribution in [3.05, 3.63) is 33.4 Å². The van der Waals surface area contributed by atoms with Crippen LogP contribution >= 0.6 is 22.6 Å². The minimum atomic E-state index is -0.750. The van der Waals surface area contributed by atoms with Gasteiger partial charge < -0.3 is 5.11 Å². The molecule has 0 unspecified atom stereocenters. The monoisotopic (exact) mass is 372 g/mol. The van der Waals surface area contributed by atoms with Gasteiger partial charge in [0.1, 0.15) is 0 Å². The first-order valence-corrected chi connectivity index (χ1v) is 7.67. The summed E-state index contributed by atoms with van der Waals surface area (Å²) in [5, 5.41) is 9.22. The average Bonchev–Trinajstić information content (AvgIpc) is 2.39. The second-order valence-electron chi connectivity index (χ2n) is 5.13. The van der Waals surface area contributed by atoms with Gasteiger partial charge in [-0.15, -0.1) is 0 Å². The van der Waals surface area contributed by atoms with E-state index in [1.807, 2.05) is 24.3 Å². The molecule has 2 atom stereocenters. The Morgan fingerprint density at radius 1 is 1.26 bits per heavy atom. The number of benzene rings is 1. The summed E-state index contributed by atoms with van der Waals surface area (Å²) in [6.45, 7) is 0. The fraction of sp³-hybridized carbons (Fsp3) is 0.467. The Morgan fingerprint density at radius 3 is 2.68 bits per heavy atom. The maximum Gasteiger partial charge on any atom is 0.306 e. The van der Waals surface area contributed by atoms with Crippen LogP contribution in [0.15, 0.2) is 24.3 Å². The standard InChI is InChI=1S/C15H17IO3/c16-12-6-3-5-11(8-12)14(17)9-10-4-1-2-7-13(10)15(18)19/h3,5-6,8,10,13H,1-2,4,7,9H2,(H,18,19)/t10-,13+/m0/s1. The van der Waals surface area contributed by atoms with Crippen LogP contribution in [0.25, 0.3) is 0 Å². The van der Waals surface area contributed by atoms with Crippen LogP contribution in [0.3, 0.4) is 0 Å². The lowest BCUT2D eigenvalue weighted by Crippen LogP contribution is -2.28. The van der Waals surface area contributed by atoms with Gasteiger partial charge in [-0.2, -0.15) is 0 Å². The number of carbonyl (C=O) groups is 2. The quantitative estimate of drug-likeness (QED) is 0.647. The zero-order valence-corrected chi connectivity index (χ0v) is 12.8. The molecule has 1 aromatic carbocycles. The number of hydrogen-bond donors (Lipinski definition) is 1. The fourth-order valence-electron chi connectivity index (χ4n) is 2.80. The van der Waals surface area contributed by atoms with Crippen molar-refractivity contribution in [1.82, 2.24) is 0 Å². The van der Waals surface area contributed by atoms with E-state index in [2.05, 4.69) is 22.6 Å². The highest BCUT2D eigenvalue weighted by molar-refractivity contribution is 14.1. The second kappa shape index (κ2) is 6.50. The molecular weight excluding hydrogens is 355 g/mol. The topological polar surface area (TPSA) is 54.4 Å². The summed E-state index contributed by atoms with van der Waals surface area (Å²) in [6, 6.07) is 7.48. The average molecular weight is 372 g/mol. The van der Waals surface area contributed by atoms with Gasteiger partial charge in [-0.1, -0.05) is 25.0 Å². The van der Waals surface area contributed by atoms with Crippen LogP contribution in [-0.2, 0) is 4.79 Å². The number of Topliss-reactive ketones (excluding diaryl/α,β-unsaturated/α-hetero) is 1. The highest BCUT2D eigenvalue weighted by Crippen LogP contribution is 2.33. The molecule has 1 N–H and O–H groups in total. The number of rotatable bonds is 4. The molecule has 0 bridgehead atoms. The molecule has 2 rings (SSSR count). The van der Waals surface area contributed by atoms with Crippen molar-refractivity contribution in [3.8, 4) is 0 Å². The summed E-state index contributed by atoms with van der Waals surface area (Å²) in [4.78, 5) is 23.5. The van der Waals surface area contributed by atoms with Crippen LogP contribution in [0.1, 0.15) is 42.5 Å². The van der Waals surface area contributed by atoms with Crippen LogP contribution in [0.2, 0.25) is 0 Å². The lowest BCUT2D eigenvalue weighted by Gasteiger charge is -2.27. The van der Waals surface area contributed by atoms with Gasteiger partial charge >= 0.3 is 5.97 Å². The molecule has 1 aromatic rings. The number of carbonyl (C=O) groups excluding carboxylic acids is 1. The zero-order valence-electron chi connectivity index (χ0n) is 10.6. The first-order chi connectivity index (χ1) is 9.08. The largest absolute Gasteiger partial charge is 0.481 e. The summed E-state index contributed by atoms with van der Waals surface area (Å²) in [5.74, 6) is -1.03. The molecule has 19 heavy (non-hydrogen) atoms. The van der Waals surface area contributed by atoms with Gasteiger partial charge in [0.05, 0.1) is 5.92 Å². The molecule has 0 aliphatic heterocycles. The third kappa shape index (κ3) is 3.78. The van der Waals surface area contributed by atoms with Crippen molar-refractivity contribution >= 4 is 34.3 Å². The number of carboxylic acids is 1. The van der Waals surface area contributed by atoms with E-state index in [9.17, 15) is 14.7 Å². The van der Waals surface area contributed by atoms with E-state index in [4.69, 9.17) is 0 Å². The molecule has 0 radical (unpaired) electrons. The van der Waals surface area contributed by atoms with Crippen molar-refractivity contribution in [2.24, 2.45) is 11.8 Å². The minimum Gasteiger partial charge on any atom is -0.481 e. The Hall–Kier alpha value is -0.910. The summed E-state index contributed by atoms with van der Waals surface area (Å²) >= 11 is 2.18. The lowest BCUT2D eigenvalue weighted by molar-refractivity contribution is -0.144. The van der Waals surface area contributed by atoms with Crippen molar-refractivity contribution in [3.63, 3.8) is 0 Å². The smallest absolute Gasteiger partial charge is 0.306 e. The molecule has 1 saturated carbocycles. The summed E-state index contributed by atoms with van der Waals surface area (Å²) < 4.78 is 1.03. The molecule has 1 fully saturated rings. The van der Waals surface area contributed by atoms with Gasteiger partial charge in [-0.3, -0.25) is 9.59 Å². The Balaban J connectivity index is 2.07. The van der Waals surface area contributed by atoms with Gasteiger partial charge in [0.2, 0.25) is 0 Å². The van der Waals surface area contributed by atoms with E-state index in [0.29, 0.717) is 18.4 Å². The number of ketones is 1. The lowest BCUT2D eigenvalue weighted by atomic mass is 9.76. The Morgan fingerprint density at radius 2 is 2.00 bits per heavy atom. The van der Waals surface area contributed by atoms with Gasteiger partial charge in [0.15, 0.2) is 5.78 Å². The first-order valence-electron chi connectivity index (χ1n) is 6.59. The first kappa shape index (κ1) is 14.5. The molecule has 102 valence electrons. The van der Waals surface area contributed by atoms with E-state index in [1.54, 1.807) is 0 Å². The SMILES string of the molecule is O=C(C[C@@H]1CCCC[C@H]1C(=O)O)c1cccc(I)c1. The molecule has 1 aliphatic carbocycles. The van der Waals surface area contributed by atoms with Crippen LogP contribution in [0.5, 0.6) is 0 Å². The molecule has 3 nitrogen and oxygen atoms in total. The van der Waals surface area contributed by atoms with Crippen molar-refractivity contribution in [2.75, 3.05) is 0 Å². The molecule has 4 heteroatoms. The molecular formula is C15H17IO3. The van der Waals surface area contributed by atoms with Crippen LogP contribution in [0.4, 0.5) is 0 Å². The third-order valence-electron chi connectivity index (χ3n) is 3.82. The maximum absolute atomic E-state index is 12.2. The summed E-state index contributed by atoms with van der Waals surface area (Å²) in [7, 11) is 0. The van der Waals surface area contributed by atoms with E-state index in [0.717, 1.165) is 22.8 Å². The van der Waals surface area contributed by atoms with Crippen molar-refractivity contribution in [1.29, 1.82) is 0 Å². The number of aliphatic carboxylic acids is 1. The number of halogens is 1. The van der Waals surface area contributed by atoms with E-state index in [-0.39, 0.29) is 17.6 Å². The second-order valence-corrected chi connectivity index (χ2v) is 6.37. The Labute approximate surface area is 126 Å². The molecule has 0 aromatic heterocycles. The zero-order chi connectivity index (χ0) is 13.8. The van der Waals surface area contributed by atoms with E-state index < -0.39 is 5.97 Å². The molecule has 0 spiro atoms. The van der Waals surface area contributed by atoms with Crippen molar-refractivity contribution < 1.29 is 14.7 Å². The normalized spacial score (nSPS) is 23.0. The third-order valence-corrected chi connectivity index (χ3v) is 4.49. The number of hydrogen-bond acceptors (Lipinski definition) is 2. The summed E-state index contributed by atoms with van der Waals surface area (Å²) in [6.07, 6.45) is 3.92. The fourth-order valence-corrected chi connectivity index (χ4v) is 3.34. The Bertz CT molecular complexity index is 484. The van der Waals surface area contributed by atoms with Crippen LogP contribution < -0.4 is 0 Å². The highest BCUT2D eigenvalue weighted by Gasteiger charge is 2.32. The van der Waals surface area contributed by atoms with Gasteiger partial charge in [0, 0.05) is 15.6 Å². The predicted molar refractivity (Wildman–Crippen MR) is 81.2 cm³/mol. The van der Waals surface area contributed by atoms with Gasteiger partial charge in [-0.05, 0) is 53.5 Å². The highest BCUT2D eigenvalue weighted by atomic mass is 127. The van der Waals surface area contributed by atoms with Gasteiger partial charge in [-0.25, -0.2) is 0 Å². The van der Waals surface area contributed by atoms with E-state index in [1.165, 1.54) is 0 Å². The minimum absolute atomic E-state index is 0.00313. The Kier molecular flexibility index (Phi) is 4.96. The van der Waals surface area contributed by atoms with Crippen LogP contribution in [0, 0.1) is 15.4 Å². The summed E-state index contributed by atoms with van der Waals surface area (Å²) in [5.41, 5.74) is 0.696. The number of carboxylic acid groups (broad SMARTS) is 1.